The van der Waals surface area contributed by atoms with Crippen LogP contribution in [0.15, 0.2) is 53.6 Å². The van der Waals surface area contributed by atoms with Crippen molar-refractivity contribution in [1.29, 1.82) is 0 Å². The van der Waals surface area contributed by atoms with E-state index >= 15 is 0 Å². The van der Waals surface area contributed by atoms with Gasteiger partial charge >= 0.3 is 5.97 Å². The van der Waals surface area contributed by atoms with Crippen LogP contribution in [-0.4, -0.2) is 43.5 Å². The summed E-state index contributed by atoms with van der Waals surface area (Å²) in [4.78, 5) is 22.3. The number of methoxy groups -OCH3 is 1. The van der Waals surface area contributed by atoms with E-state index in [1.54, 1.807) is 55.6 Å². The van der Waals surface area contributed by atoms with Crippen LogP contribution in [0.1, 0.15) is 5.56 Å². The Morgan fingerprint density at radius 1 is 1.04 bits per heavy atom. The van der Waals surface area contributed by atoms with Gasteiger partial charge in [-0.25, -0.2) is 10.2 Å². The molecule has 2 aromatic rings. The Morgan fingerprint density at radius 3 is 2.42 bits per heavy atom. The van der Waals surface area contributed by atoms with Crippen molar-refractivity contribution in [3.8, 4) is 17.2 Å². The lowest BCUT2D eigenvalue weighted by molar-refractivity contribution is -0.139. The minimum absolute atomic E-state index is 0.208. The summed E-state index contributed by atoms with van der Waals surface area (Å²) in [7, 11) is 1.56. The molecule has 26 heavy (non-hydrogen) atoms. The lowest BCUT2D eigenvalue weighted by Crippen LogP contribution is -2.24. The number of amides is 1. The van der Waals surface area contributed by atoms with E-state index in [0.717, 1.165) is 0 Å². The van der Waals surface area contributed by atoms with Crippen LogP contribution in [0.4, 0.5) is 0 Å². The summed E-state index contributed by atoms with van der Waals surface area (Å²) in [6.45, 7) is -0.673. The second-order valence-corrected chi connectivity index (χ2v) is 4.98. The van der Waals surface area contributed by atoms with Crippen LogP contribution in [0.3, 0.4) is 0 Å². The first kappa shape index (κ1) is 18.8. The number of carbonyl (C=O) groups excluding carboxylic acids is 1. The zero-order chi connectivity index (χ0) is 18.8. The van der Waals surface area contributed by atoms with Crippen LogP contribution < -0.4 is 19.6 Å². The second kappa shape index (κ2) is 9.67. The van der Waals surface area contributed by atoms with Crippen LogP contribution in [0.25, 0.3) is 0 Å². The molecule has 1 amide bonds. The van der Waals surface area contributed by atoms with E-state index in [9.17, 15) is 9.59 Å². The first-order valence-electron chi connectivity index (χ1n) is 7.61. The number of para-hydroxylation sites is 1. The van der Waals surface area contributed by atoms with E-state index in [0.29, 0.717) is 22.8 Å². The predicted octanol–water partition coefficient (Wildman–Crippen LogP) is 1.69. The lowest BCUT2D eigenvalue weighted by Gasteiger charge is -2.07. The largest absolute Gasteiger partial charge is 0.497 e. The highest BCUT2D eigenvalue weighted by molar-refractivity contribution is 5.85. The molecule has 2 N–H and O–H groups in total. The summed E-state index contributed by atoms with van der Waals surface area (Å²) in [6.07, 6.45) is 1.36. The fraction of sp³-hybridized carbons (Fsp3) is 0.167. The van der Waals surface area contributed by atoms with Crippen molar-refractivity contribution in [2.24, 2.45) is 5.10 Å². The number of hydrogen-bond acceptors (Lipinski definition) is 6. The number of ether oxygens (including phenoxy) is 3. The third-order valence-electron chi connectivity index (χ3n) is 3.09. The van der Waals surface area contributed by atoms with Gasteiger partial charge in [-0.05, 0) is 36.4 Å². The predicted molar refractivity (Wildman–Crippen MR) is 93.8 cm³/mol. The minimum Gasteiger partial charge on any atom is -0.497 e. The molecule has 0 atom stereocenters. The summed E-state index contributed by atoms with van der Waals surface area (Å²) in [6, 6.07) is 13.6. The molecule has 0 aliphatic rings. The maximum absolute atomic E-state index is 11.7. The van der Waals surface area contributed by atoms with E-state index in [-0.39, 0.29) is 6.61 Å². The van der Waals surface area contributed by atoms with Crippen molar-refractivity contribution >= 4 is 18.1 Å². The standard InChI is InChI=1S/C18H18N2O6/c1-24-14-6-8-15(9-7-14)25-11-17(21)20-19-10-13-4-2-3-5-16(13)26-12-18(22)23/h2-10H,11-12H2,1H3,(H,20,21)(H,22,23)/b19-10+. The Bertz CT molecular complexity index is 774. The van der Waals surface area contributed by atoms with Crippen LogP contribution in [-0.2, 0) is 9.59 Å². The molecule has 0 unspecified atom stereocenters. The molecule has 0 aromatic heterocycles. The van der Waals surface area contributed by atoms with Crippen LogP contribution in [0.2, 0.25) is 0 Å². The van der Waals surface area contributed by atoms with Gasteiger partial charge in [0.1, 0.15) is 17.2 Å². The topological polar surface area (TPSA) is 106 Å². The molecular formula is C18H18N2O6. The number of carboxylic acids is 1. The van der Waals surface area contributed by atoms with E-state index in [2.05, 4.69) is 10.5 Å². The highest BCUT2D eigenvalue weighted by Crippen LogP contribution is 2.17. The minimum atomic E-state index is -1.08. The SMILES string of the molecule is COc1ccc(OCC(=O)N/N=C/c2ccccc2OCC(=O)O)cc1. The molecule has 0 aliphatic carbocycles. The molecule has 0 saturated carbocycles. The Balaban J connectivity index is 1.83. The summed E-state index contributed by atoms with van der Waals surface area (Å²) in [5.74, 6) is 0.0386. The average Bonchev–Trinajstić information content (AvgIpc) is 2.66. The van der Waals surface area contributed by atoms with Gasteiger partial charge in [0.15, 0.2) is 13.2 Å². The number of carbonyl (C=O) groups is 2. The first-order chi connectivity index (χ1) is 12.6. The van der Waals surface area contributed by atoms with Crippen molar-refractivity contribution < 1.29 is 28.9 Å². The van der Waals surface area contributed by atoms with Gasteiger partial charge in [-0.3, -0.25) is 4.79 Å². The van der Waals surface area contributed by atoms with Gasteiger partial charge in [-0.1, -0.05) is 12.1 Å². The molecule has 2 rings (SSSR count). The summed E-state index contributed by atoms with van der Waals surface area (Å²) in [5, 5.41) is 12.5. The number of nitrogens with one attached hydrogen (secondary N) is 1. The highest BCUT2D eigenvalue weighted by Gasteiger charge is 2.05. The fourth-order valence-corrected chi connectivity index (χ4v) is 1.89. The number of hydrogen-bond donors (Lipinski definition) is 2. The van der Waals surface area contributed by atoms with Crippen molar-refractivity contribution in [2.45, 2.75) is 0 Å². The third-order valence-corrected chi connectivity index (χ3v) is 3.09. The first-order valence-corrected chi connectivity index (χ1v) is 7.61. The van der Waals surface area contributed by atoms with Gasteiger partial charge in [0.2, 0.25) is 0 Å². The van der Waals surface area contributed by atoms with Crippen molar-refractivity contribution in [1.82, 2.24) is 5.43 Å². The van der Waals surface area contributed by atoms with Gasteiger partial charge in [0, 0.05) is 5.56 Å². The van der Waals surface area contributed by atoms with E-state index in [1.165, 1.54) is 6.21 Å². The Kier molecular flexibility index (Phi) is 6.99. The van der Waals surface area contributed by atoms with E-state index in [1.807, 2.05) is 0 Å². The van der Waals surface area contributed by atoms with Gasteiger partial charge in [-0.15, -0.1) is 0 Å². The molecule has 0 aliphatic heterocycles. The molecular weight excluding hydrogens is 340 g/mol. The van der Waals surface area contributed by atoms with E-state index < -0.39 is 18.5 Å². The average molecular weight is 358 g/mol. The molecule has 136 valence electrons. The van der Waals surface area contributed by atoms with Crippen LogP contribution in [0.5, 0.6) is 17.2 Å². The molecule has 0 spiro atoms. The Labute approximate surface area is 150 Å². The molecule has 0 radical (unpaired) electrons. The quantitative estimate of drug-likeness (QED) is 0.522. The molecule has 0 saturated heterocycles. The monoisotopic (exact) mass is 358 g/mol. The number of rotatable bonds is 9. The molecule has 0 bridgehead atoms. The number of carboxylic acid groups (broad SMARTS) is 1. The van der Waals surface area contributed by atoms with Gasteiger partial charge in [0.25, 0.3) is 5.91 Å². The van der Waals surface area contributed by atoms with Gasteiger partial charge in [0.05, 0.1) is 13.3 Å². The molecule has 8 heteroatoms. The third kappa shape index (κ3) is 6.16. The second-order valence-electron chi connectivity index (χ2n) is 4.98. The summed E-state index contributed by atoms with van der Waals surface area (Å²) in [5.41, 5.74) is 2.86. The smallest absolute Gasteiger partial charge is 0.341 e. The maximum Gasteiger partial charge on any atom is 0.341 e. The number of hydrazone groups is 1. The summed E-state index contributed by atoms with van der Waals surface area (Å²) < 4.78 is 15.5. The van der Waals surface area contributed by atoms with E-state index in [4.69, 9.17) is 19.3 Å². The normalized spacial score (nSPS) is 10.3. The lowest BCUT2D eigenvalue weighted by atomic mass is 10.2. The van der Waals surface area contributed by atoms with Crippen molar-refractivity contribution in [3.05, 3.63) is 54.1 Å². The molecule has 8 nitrogen and oxygen atoms in total. The fourth-order valence-electron chi connectivity index (χ4n) is 1.89. The van der Waals surface area contributed by atoms with Gasteiger partial charge in [-0.2, -0.15) is 5.10 Å². The van der Waals surface area contributed by atoms with Crippen molar-refractivity contribution in [3.63, 3.8) is 0 Å². The van der Waals surface area contributed by atoms with Crippen LogP contribution >= 0.6 is 0 Å². The number of benzene rings is 2. The van der Waals surface area contributed by atoms with Crippen LogP contribution in [0, 0.1) is 0 Å². The zero-order valence-corrected chi connectivity index (χ0v) is 14.0. The number of aliphatic carboxylic acids is 1. The molecule has 2 aromatic carbocycles. The number of nitrogens with zero attached hydrogens (tertiary/aromatic N) is 1. The summed E-state index contributed by atoms with van der Waals surface area (Å²) >= 11 is 0. The Morgan fingerprint density at radius 2 is 1.73 bits per heavy atom. The molecule has 0 fully saturated rings. The van der Waals surface area contributed by atoms with Crippen molar-refractivity contribution in [2.75, 3.05) is 20.3 Å². The zero-order valence-electron chi connectivity index (χ0n) is 14.0. The maximum atomic E-state index is 11.7. The van der Waals surface area contributed by atoms with Gasteiger partial charge < -0.3 is 19.3 Å². The highest BCUT2D eigenvalue weighted by atomic mass is 16.5. The Hall–Kier alpha value is -3.55. The molecule has 0 heterocycles.